The Hall–Kier alpha value is -8.06. The lowest BCUT2D eigenvalue weighted by atomic mass is 9.83. The van der Waals surface area contributed by atoms with Crippen molar-refractivity contribution in [2.75, 3.05) is 50.1 Å². The number of nitrogens with zero attached hydrogens (tertiary/aromatic N) is 2. The average Bonchev–Trinajstić information content (AvgIpc) is 1.77. The number of anilines is 1. The Labute approximate surface area is 558 Å². The number of likely N-dealkylation sites (tertiary alicyclic amines) is 1. The third kappa shape index (κ3) is 19.6. The average molecular weight is 1360 g/mol. The Kier molecular flexibility index (Phi) is 26.6. The molecule has 30 heteroatoms. The number of rotatable bonds is 20. The summed E-state index contributed by atoms with van der Waals surface area (Å²) in [5.74, 6) is -15.7. The molecule has 4 aliphatic rings. The summed E-state index contributed by atoms with van der Waals surface area (Å²) in [5, 5.41) is 54.1. The van der Waals surface area contributed by atoms with Crippen LogP contribution < -0.4 is 42.5 Å². The van der Waals surface area contributed by atoms with Gasteiger partial charge in [-0.05, 0) is 53.3 Å². The first kappa shape index (κ1) is 74.3. The van der Waals surface area contributed by atoms with E-state index in [4.69, 9.17) is 0 Å². The van der Waals surface area contributed by atoms with Gasteiger partial charge in [-0.1, -0.05) is 78.3 Å². The van der Waals surface area contributed by atoms with Gasteiger partial charge in [-0.25, -0.2) is 0 Å². The van der Waals surface area contributed by atoms with Crippen molar-refractivity contribution in [2.45, 2.75) is 159 Å². The standard InChI is InChI=1S/C65H87N11O17S2/c1-8-33(4)58-62(91)68-27-54(85)70-45-31-95-63-42(40-11-9-10-12-43(40)72-63)23-44(61(90)67-28-55(86)74-58)71-60(89)41(35(6)50(82)30-77)24-48(80)46-22-39(78)29-76(46)64(92)37(20-47(45)79)21-53(84)66-26-36-13-15-38(16-14-36)69-59(88)34(5)19-49(81)57(32(2)3)73-52(83)17-18-75-56(87)25-51(94-7)65(75)93/h9-16,32-35,37,39,41,44-46,50-51,57-58,72,77-78,82H,8,17-31H2,1-7H3,(H,66,84)(H,67,90)(H,68,91)(H,69,88)(H,70,85)(H,71,89)(H,73,83)(H,74,86)/t33-,34+,35+,37-,39+,41-,44?,45-,46-,50-,51?,57-,58-/m0/s1. The second-order valence-electron chi connectivity index (χ2n) is 25.3. The molecule has 5 heterocycles. The molecule has 4 aliphatic heterocycles. The maximum atomic E-state index is 15.1. The molecule has 2 saturated heterocycles. The Morgan fingerprint density at radius 2 is 1.46 bits per heavy atom. The molecule has 7 rings (SSSR count). The van der Waals surface area contributed by atoms with Crippen LogP contribution in [0.15, 0.2) is 53.6 Å². The number of imide groups is 1. The summed E-state index contributed by atoms with van der Waals surface area (Å²) in [6, 6.07) is 6.68. The lowest BCUT2D eigenvalue weighted by Crippen LogP contribution is -2.56. The molecule has 11 amide bonds. The van der Waals surface area contributed by atoms with Crippen molar-refractivity contribution in [1.82, 2.24) is 52.0 Å². The maximum absolute atomic E-state index is 15.1. The van der Waals surface area contributed by atoms with Crippen LogP contribution in [-0.4, -0.2) is 205 Å². The van der Waals surface area contributed by atoms with E-state index in [1.807, 2.05) is 0 Å². The number of carbonyl (C=O) groups excluding carboxylic acids is 14. The molecule has 12 N–H and O–H groups in total. The summed E-state index contributed by atoms with van der Waals surface area (Å²) in [7, 11) is 0. The molecule has 13 atom stereocenters. The van der Waals surface area contributed by atoms with Crippen LogP contribution in [0, 0.1) is 35.5 Å². The molecule has 2 unspecified atom stereocenters. The molecule has 2 bridgehead atoms. The Morgan fingerprint density at radius 1 is 0.779 bits per heavy atom. The van der Waals surface area contributed by atoms with Crippen molar-refractivity contribution >= 4 is 122 Å². The first-order valence-corrected chi connectivity index (χ1v) is 34.2. The van der Waals surface area contributed by atoms with Crippen LogP contribution in [0.3, 0.4) is 0 Å². The summed E-state index contributed by atoms with van der Waals surface area (Å²) in [4.78, 5) is 200. The molecule has 0 saturated carbocycles. The Bertz CT molecular complexity index is 3400. The van der Waals surface area contributed by atoms with Gasteiger partial charge in [0, 0.05) is 105 Å². The summed E-state index contributed by atoms with van der Waals surface area (Å²) >= 11 is 2.30. The van der Waals surface area contributed by atoms with Crippen LogP contribution in [0.25, 0.3) is 10.9 Å². The summed E-state index contributed by atoms with van der Waals surface area (Å²) in [6.45, 7) is 6.99. The zero-order chi connectivity index (χ0) is 69.5. The number of aromatic nitrogens is 1. The van der Waals surface area contributed by atoms with E-state index in [1.165, 1.54) is 18.7 Å². The van der Waals surface area contributed by atoms with Crippen molar-refractivity contribution in [3.05, 3.63) is 59.7 Å². The third-order valence-electron chi connectivity index (χ3n) is 18.0. The second-order valence-corrected chi connectivity index (χ2v) is 27.4. The highest BCUT2D eigenvalue weighted by molar-refractivity contribution is 8.00. The van der Waals surface area contributed by atoms with Crippen molar-refractivity contribution in [3.8, 4) is 0 Å². The first-order valence-electron chi connectivity index (χ1n) is 32.0. The number of thioether (sulfide) groups is 2. The molecule has 1 aromatic heterocycles. The molecular formula is C65H87N11O17S2. The van der Waals surface area contributed by atoms with Gasteiger partial charge in [-0.3, -0.25) is 72.0 Å². The second kappa shape index (κ2) is 34.1. The number of aromatic amines is 1. The van der Waals surface area contributed by atoms with Gasteiger partial charge in [0.25, 0.3) is 0 Å². The minimum absolute atomic E-state index is 0.0542. The number of hydrogen-bond acceptors (Lipinski definition) is 19. The number of nitrogens with one attached hydrogen (secondary N) is 9. The number of para-hydroxylation sites is 1. The highest BCUT2D eigenvalue weighted by atomic mass is 32.2. The largest absolute Gasteiger partial charge is 0.394 e. The quantitative estimate of drug-likeness (QED) is 0.0659. The predicted octanol–water partition coefficient (Wildman–Crippen LogP) is -0.0738. The van der Waals surface area contributed by atoms with Crippen LogP contribution in [0.4, 0.5) is 5.69 Å². The van der Waals surface area contributed by atoms with E-state index >= 15 is 9.59 Å². The third-order valence-corrected chi connectivity index (χ3v) is 20.1. The molecule has 28 nitrogen and oxygen atoms in total. The smallest absolute Gasteiger partial charge is 0.243 e. The van der Waals surface area contributed by atoms with Crippen LogP contribution >= 0.6 is 23.5 Å². The van der Waals surface area contributed by atoms with Crippen LogP contribution in [0.2, 0.25) is 0 Å². The molecule has 95 heavy (non-hydrogen) atoms. The highest BCUT2D eigenvalue weighted by Crippen LogP contribution is 2.34. The number of hydrogen-bond donors (Lipinski definition) is 12. The number of benzene rings is 2. The summed E-state index contributed by atoms with van der Waals surface area (Å²) in [6.07, 6.45) is -3.86. The molecule has 2 aromatic carbocycles. The predicted molar refractivity (Wildman–Crippen MR) is 349 cm³/mol. The minimum Gasteiger partial charge on any atom is -0.394 e. The lowest BCUT2D eigenvalue weighted by Gasteiger charge is -2.31. The number of aliphatic hydroxyl groups excluding tert-OH is 3. The van der Waals surface area contributed by atoms with Gasteiger partial charge in [-0.15, -0.1) is 11.8 Å². The van der Waals surface area contributed by atoms with Crippen LogP contribution in [-0.2, 0) is 80.1 Å². The summed E-state index contributed by atoms with van der Waals surface area (Å²) in [5.41, 5.74) is 1.87. The zero-order valence-corrected chi connectivity index (χ0v) is 55.9. The number of aliphatic hydroxyl groups is 3. The molecule has 0 radical (unpaired) electrons. The van der Waals surface area contributed by atoms with E-state index in [-0.39, 0.29) is 68.7 Å². The van der Waals surface area contributed by atoms with Gasteiger partial charge in [0.2, 0.25) is 65.0 Å². The van der Waals surface area contributed by atoms with E-state index in [0.717, 1.165) is 21.6 Å². The molecule has 3 aromatic rings. The highest BCUT2D eigenvalue weighted by Gasteiger charge is 2.46. The lowest BCUT2D eigenvalue weighted by molar-refractivity contribution is -0.145. The number of amides is 11. The van der Waals surface area contributed by atoms with Crippen molar-refractivity contribution < 1.29 is 82.4 Å². The normalized spacial score (nSPS) is 24.7. The number of fused-ring (bicyclic) bond motifs is 5. The van der Waals surface area contributed by atoms with Crippen LogP contribution in [0.1, 0.15) is 104 Å². The molecule has 0 spiro atoms. The van der Waals surface area contributed by atoms with E-state index in [9.17, 15) is 72.9 Å². The zero-order valence-electron chi connectivity index (χ0n) is 54.3. The molecular weight excluding hydrogens is 1270 g/mol. The fourth-order valence-corrected chi connectivity index (χ4v) is 13.8. The Morgan fingerprint density at radius 3 is 2.13 bits per heavy atom. The van der Waals surface area contributed by atoms with Gasteiger partial charge in [0.1, 0.15) is 12.1 Å². The fourth-order valence-electron chi connectivity index (χ4n) is 12.0. The van der Waals surface area contributed by atoms with Crippen molar-refractivity contribution in [3.63, 3.8) is 0 Å². The Balaban J connectivity index is 1.13. The molecule has 0 aliphatic carbocycles. The van der Waals surface area contributed by atoms with Gasteiger partial charge in [0.15, 0.2) is 17.3 Å². The van der Waals surface area contributed by atoms with E-state index < -0.39 is 193 Å². The number of Topliss-reactive ketones (excluding diaryl/α,β-unsaturated/α-hetero) is 3. The first-order chi connectivity index (χ1) is 45.1. The maximum Gasteiger partial charge on any atom is 0.243 e. The van der Waals surface area contributed by atoms with Crippen molar-refractivity contribution in [2.24, 2.45) is 35.5 Å². The molecule has 516 valence electrons. The SMILES string of the molecule is CC[C@H](C)[C@@H]1NC(=O)CNC(=O)C2Cc3c([nH]c4ccccc34)SC[C@H](NC(=O)CNC1=O)C(=O)C[C@@H](CC(=O)NCc1ccc(NC(=O)[C@H](C)CC(=O)[C@@H](NC(=O)CCN3C(=O)CC(SC)C3=O)C(C)C)cc1)C(=O)N1C[C@H](O)C[C@H]1C(=O)C[C@@H]([C@@H](C)[C@@H](O)CO)C(=O)N2. The fraction of sp³-hybridized carbons (Fsp3) is 0.569. The van der Waals surface area contributed by atoms with Crippen LogP contribution in [0.5, 0.6) is 0 Å². The van der Waals surface area contributed by atoms with Gasteiger partial charge >= 0.3 is 0 Å². The van der Waals surface area contributed by atoms with E-state index in [2.05, 4.69) is 47.5 Å². The number of carbonyl (C=O) groups is 14. The monoisotopic (exact) mass is 1360 g/mol. The van der Waals surface area contributed by atoms with Crippen molar-refractivity contribution in [1.29, 1.82) is 0 Å². The minimum atomic E-state index is -1.58. The van der Waals surface area contributed by atoms with Gasteiger partial charge < -0.3 is 67.7 Å². The van der Waals surface area contributed by atoms with E-state index in [1.54, 1.807) is 89.4 Å². The topological polar surface area (TPSA) is 418 Å². The van der Waals surface area contributed by atoms with E-state index in [0.29, 0.717) is 39.2 Å². The summed E-state index contributed by atoms with van der Waals surface area (Å²) < 4.78 is 0. The van der Waals surface area contributed by atoms with Gasteiger partial charge in [0.05, 0.1) is 66.2 Å². The number of H-pyrrole nitrogens is 1. The molecule has 2 fully saturated rings. The van der Waals surface area contributed by atoms with Gasteiger partial charge in [-0.2, -0.15) is 11.8 Å². The number of ketones is 3.